The molecule has 0 radical (unpaired) electrons. The van der Waals surface area contributed by atoms with Crippen LogP contribution in [0.5, 0.6) is 0 Å². The van der Waals surface area contributed by atoms with E-state index < -0.39 is 23.8 Å². The van der Waals surface area contributed by atoms with Gasteiger partial charge in [0, 0.05) is 12.1 Å². The lowest BCUT2D eigenvalue weighted by molar-refractivity contribution is -0.00475. The first-order valence-electron chi connectivity index (χ1n) is 7.67. The van der Waals surface area contributed by atoms with E-state index in [9.17, 15) is 18.7 Å². The van der Waals surface area contributed by atoms with Crippen molar-refractivity contribution in [2.45, 2.75) is 38.5 Å². The van der Waals surface area contributed by atoms with Crippen molar-refractivity contribution in [2.75, 3.05) is 19.8 Å². The van der Waals surface area contributed by atoms with Crippen LogP contribution in [0.2, 0.25) is 0 Å². The smallest absolute Gasteiger partial charge is 0.318 e. The maximum absolute atomic E-state index is 13.8. The molecule has 2 N–H and O–H groups in total. The number of hydrogen-bond donors (Lipinski definition) is 2. The Morgan fingerprint density at radius 3 is 2.91 bits per heavy atom. The molecule has 3 atom stereocenters. The number of nitrogens with zero attached hydrogens (tertiary/aromatic N) is 1. The molecule has 128 valence electrons. The van der Waals surface area contributed by atoms with Crippen LogP contribution in [0.25, 0.3) is 0 Å². The van der Waals surface area contributed by atoms with Crippen molar-refractivity contribution < 1.29 is 23.4 Å². The van der Waals surface area contributed by atoms with Gasteiger partial charge in [0.25, 0.3) is 0 Å². The summed E-state index contributed by atoms with van der Waals surface area (Å²) in [6.45, 7) is 4.39. The van der Waals surface area contributed by atoms with Gasteiger partial charge in [-0.1, -0.05) is 12.1 Å². The zero-order valence-electron chi connectivity index (χ0n) is 13.3. The van der Waals surface area contributed by atoms with Crippen LogP contribution >= 0.6 is 0 Å². The lowest BCUT2D eigenvalue weighted by atomic mass is 10.1. The third-order valence-corrected chi connectivity index (χ3v) is 3.89. The van der Waals surface area contributed by atoms with Crippen LogP contribution in [0.4, 0.5) is 13.6 Å². The summed E-state index contributed by atoms with van der Waals surface area (Å²) in [5.41, 5.74) is 0.0960. The van der Waals surface area contributed by atoms with Gasteiger partial charge < -0.3 is 20.1 Å². The summed E-state index contributed by atoms with van der Waals surface area (Å²) in [6, 6.07) is 2.59. The Kier molecular flexibility index (Phi) is 5.90. The number of halogens is 2. The number of aliphatic hydroxyl groups excluding tert-OH is 1. The molecule has 1 saturated heterocycles. The summed E-state index contributed by atoms with van der Waals surface area (Å²) in [6.07, 6.45) is -0.161. The van der Waals surface area contributed by atoms with Crippen LogP contribution in [0.1, 0.15) is 31.9 Å². The van der Waals surface area contributed by atoms with E-state index in [1.807, 2.05) is 0 Å². The highest BCUT2D eigenvalue weighted by Gasteiger charge is 2.29. The van der Waals surface area contributed by atoms with Gasteiger partial charge in [-0.25, -0.2) is 13.6 Å². The quantitative estimate of drug-likeness (QED) is 0.891. The SMILES string of the molecule is C[C@H](O)C[C@@H]1COCCN1C(=O)N[C@H](C)c1cccc(F)c1F. The van der Waals surface area contributed by atoms with E-state index in [4.69, 9.17) is 4.74 Å². The maximum atomic E-state index is 13.8. The molecule has 0 spiro atoms. The second kappa shape index (κ2) is 7.70. The summed E-state index contributed by atoms with van der Waals surface area (Å²) >= 11 is 0. The molecule has 0 bridgehead atoms. The van der Waals surface area contributed by atoms with Gasteiger partial charge in [0.15, 0.2) is 11.6 Å². The normalized spacial score (nSPS) is 20.9. The van der Waals surface area contributed by atoms with Crippen molar-refractivity contribution in [2.24, 2.45) is 0 Å². The Morgan fingerprint density at radius 1 is 1.48 bits per heavy atom. The molecule has 23 heavy (non-hydrogen) atoms. The van der Waals surface area contributed by atoms with Crippen LogP contribution in [0, 0.1) is 11.6 Å². The number of amides is 2. The summed E-state index contributed by atoms with van der Waals surface area (Å²) < 4.78 is 32.4. The van der Waals surface area contributed by atoms with Crippen molar-refractivity contribution in [1.29, 1.82) is 0 Å². The first-order valence-corrected chi connectivity index (χ1v) is 7.67. The number of carbonyl (C=O) groups excluding carboxylic acids is 1. The third kappa shape index (κ3) is 4.39. The molecule has 1 aliphatic rings. The van der Waals surface area contributed by atoms with Gasteiger partial charge in [-0.05, 0) is 26.3 Å². The highest BCUT2D eigenvalue weighted by molar-refractivity contribution is 5.75. The van der Waals surface area contributed by atoms with E-state index >= 15 is 0 Å². The fraction of sp³-hybridized carbons (Fsp3) is 0.562. The van der Waals surface area contributed by atoms with Crippen LogP contribution in [-0.2, 0) is 4.74 Å². The van der Waals surface area contributed by atoms with Gasteiger partial charge in [0.2, 0.25) is 0 Å². The molecule has 1 heterocycles. The fourth-order valence-corrected chi connectivity index (χ4v) is 2.71. The molecule has 0 saturated carbocycles. The average Bonchev–Trinajstić information content (AvgIpc) is 2.49. The standard InChI is InChI=1S/C16H22F2N2O3/c1-10(21)8-12-9-23-7-6-20(12)16(22)19-11(2)13-4-3-5-14(17)15(13)18/h3-5,10-12,21H,6-9H2,1-2H3,(H,19,22)/t10-,11+,12+/m0/s1. The van der Waals surface area contributed by atoms with E-state index in [0.29, 0.717) is 26.2 Å². The second-order valence-electron chi connectivity index (χ2n) is 5.82. The van der Waals surface area contributed by atoms with E-state index in [2.05, 4.69) is 5.32 Å². The largest absolute Gasteiger partial charge is 0.393 e. The average molecular weight is 328 g/mol. The lowest BCUT2D eigenvalue weighted by Gasteiger charge is -2.37. The molecule has 0 aliphatic carbocycles. The molecule has 1 fully saturated rings. The van der Waals surface area contributed by atoms with Crippen molar-refractivity contribution in [1.82, 2.24) is 10.2 Å². The van der Waals surface area contributed by atoms with E-state index in [-0.39, 0.29) is 17.6 Å². The minimum Gasteiger partial charge on any atom is -0.393 e. The Bertz CT molecular complexity index is 554. The second-order valence-corrected chi connectivity index (χ2v) is 5.82. The monoisotopic (exact) mass is 328 g/mol. The Labute approximate surface area is 134 Å². The first kappa shape index (κ1) is 17.6. The molecule has 2 amide bonds. The lowest BCUT2D eigenvalue weighted by Crippen LogP contribution is -2.53. The Balaban J connectivity index is 2.05. The topological polar surface area (TPSA) is 61.8 Å². The van der Waals surface area contributed by atoms with Crippen molar-refractivity contribution in [3.63, 3.8) is 0 Å². The molecule has 1 aromatic carbocycles. The zero-order valence-corrected chi connectivity index (χ0v) is 13.3. The van der Waals surface area contributed by atoms with Gasteiger partial charge in [-0.15, -0.1) is 0 Å². The molecule has 0 unspecified atom stereocenters. The molecule has 5 nitrogen and oxygen atoms in total. The number of hydrogen-bond acceptors (Lipinski definition) is 3. The third-order valence-electron chi connectivity index (χ3n) is 3.89. The number of carbonyl (C=O) groups is 1. The minimum absolute atomic E-state index is 0.0960. The number of aliphatic hydroxyl groups is 1. The van der Waals surface area contributed by atoms with Crippen LogP contribution in [-0.4, -0.2) is 47.9 Å². The molecule has 1 aliphatic heterocycles. The molecule has 2 rings (SSSR count). The maximum Gasteiger partial charge on any atom is 0.318 e. The number of benzene rings is 1. The van der Waals surface area contributed by atoms with Gasteiger partial charge in [0.1, 0.15) is 0 Å². The van der Waals surface area contributed by atoms with E-state index in [1.165, 1.54) is 12.1 Å². The van der Waals surface area contributed by atoms with E-state index in [0.717, 1.165) is 6.07 Å². The number of morpholine rings is 1. The summed E-state index contributed by atoms with van der Waals surface area (Å²) in [5, 5.41) is 12.2. The fourth-order valence-electron chi connectivity index (χ4n) is 2.71. The van der Waals surface area contributed by atoms with Crippen molar-refractivity contribution >= 4 is 6.03 Å². The zero-order chi connectivity index (χ0) is 17.0. The highest BCUT2D eigenvalue weighted by Crippen LogP contribution is 2.20. The van der Waals surface area contributed by atoms with Gasteiger partial charge in [0.05, 0.1) is 31.4 Å². The number of urea groups is 1. The molecule has 1 aromatic rings. The number of ether oxygens (including phenoxy) is 1. The van der Waals surface area contributed by atoms with Crippen LogP contribution < -0.4 is 5.32 Å². The molecule has 0 aromatic heterocycles. The predicted molar refractivity (Wildman–Crippen MR) is 80.9 cm³/mol. The van der Waals surface area contributed by atoms with Crippen molar-refractivity contribution in [3.8, 4) is 0 Å². The number of rotatable bonds is 4. The molecule has 7 heteroatoms. The minimum atomic E-state index is -0.956. The summed E-state index contributed by atoms with van der Waals surface area (Å²) in [5.74, 6) is -1.90. The predicted octanol–water partition coefficient (Wildman–Crippen LogP) is 2.21. The molecular weight excluding hydrogens is 306 g/mol. The van der Waals surface area contributed by atoms with Crippen LogP contribution in [0.15, 0.2) is 18.2 Å². The van der Waals surface area contributed by atoms with E-state index in [1.54, 1.807) is 18.7 Å². The number of nitrogens with one attached hydrogen (secondary N) is 1. The van der Waals surface area contributed by atoms with Crippen LogP contribution in [0.3, 0.4) is 0 Å². The Hall–Kier alpha value is -1.73. The first-order chi connectivity index (χ1) is 10.9. The highest BCUT2D eigenvalue weighted by atomic mass is 19.2. The summed E-state index contributed by atoms with van der Waals surface area (Å²) in [7, 11) is 0. The van der Waals surface area contributed by atoms with Gasteiger partial charge in [-0.2, -0.15) is 0 Å². The Morgan fingerprint density at radius 2 is 2.22 bits per heavy atom. The van der Waals surface area contributed by atoms with Gasteiger partial charge >= 0.3 is 6.03 Å². The van der Waals surface area contributed by atoms with Gasteiger partial charge in [-0.3, -0.25) is 0 Å². The molecular formula is C16H22F2N2O3. The summed E-state index contributed by atoms with van der Waals surface area (Å²) in [4.78, 5) is 14.0. The van der Waals surface area contributed by atoms with Crippen molar-refractivity contribution in [3.05, 3.63) is 35.4 Å².